The SMILES string of the molecule is Nc1ccc(Br)c(CN2CCOc3ccccc3C2)c1. The third-order valence-corrected chi connectivity index (χ3v) is 4.27. The molecule has 0 atom stereocenters. The van der Waals surface area contributed by atoms with Crippen LogP contribution in [0.5, 0.6) is 5.75 Å². The second-order valence-corrected chi connectivity index (χ2v) is 5.87. The lowest BCUT2D eigenvalue weighted by molar-refractivity contribution is 0.219. The van der Waals surface area contributed by atoms with Crippen LogP contribution in [0.25, 0.3) is 0 Å². The molecule has 2 aromatic rings. The predicted molar refractivity (Wildman–Crippen MR) is 84.6 cm³/mol. The first-order chi connectivity index (χ1) is 9.72. The second-order valence-electron chi connectivity index (χ2n) is 5.02. The maximum atomic E-state index is 5.88. The molecule has 3 rings (SSSR count). The standard InChI is InChI=1S/C16H17BrN2O/c17-15-6-5-14(18)9-13(15)11-19-7-8-20-16-4-2-1-3-12(16)10-19/h1-6,9H,7-8,10-11,18H2. The van der Waals surface area contributed by atoms with Crippen LogP contribution in [0, 0.1) is 0 Å². The Morgan fingerprint density at radius 1 is 1.20 bits per heavy atom. The van der Waals surface area contributed by atoms with Crippen molar-refractivity contribution in [3.8, 4) is 5.75 Å². The van der Waals surface area contributed by atoms with Gasteiger partial charge in [0.1, 0.15) is 12.4 Å². The average Bonchev–Trinajstić information content (AvgIpc) is 2.64. The van der Waals surface area contributed by atoms with E-state index in [0.29, 0.717) is 0 Å². The number of fused-ring (bicyclic) bond motifs is 1. The number of ether oxygens (including phenoxy) is 1. The van der Waals surface area contributed by atoms with Gasteiger partial charge in [-0.3, -0.25) is 4.90 Å². The van der Waals surface area contributed by atoms with Crippen LogP contribution in [0.15, 0.2) is 46.9 Å². The van der Waals surface area contributed by atoms with E-state index in [0.717, 1.165) is 42.2 Å². The Kier molecular flexibility index (Phi) is 3.94. The molecule has 0 spiro atoms. The zero-order valence-corrected chi connectivity index (χ0v) is 12.8. The van der Waals surface area contributed by atoms with E-state index in [-0.39, 0.29) is 0 Å². The first-order valence-electron chi connectivity index (χ1n) is 6.69. The lowest BCUT2D eigenvalue weighted by atomic mass is 10.1. The Morgan fingerprint density at radius 3 is 2.95 bits per heavy atom. The number of hydrogen-bond acceptors (Lipinski definition) is 3. The topological polar surface area (TPSA) is 38.5 Å². The number of benzene rings is 2. The molecule has 2 N–H and O–H groups in total. The molecule has 0 unspecified atom stereocenters. The lowest BCUT2D eigenvalue weighted by Crippen LogP contribution is -2.25. The van der Waals surface area contributed by atoms with E-state index >= 15 is 0 Å². The Balaban J connectivity index is 1.80. The van der Waals surface area contributed by atoms with Crippen molar-refractivity contribution in [3.05, 3.63) is 58.1 Å². The minimum Gasteiger partial charge on any atom is -0.492 e. The maximum Gasteiger partial charge on any atom is 0.123 e. The van der Waals surface area contributed by atoms with Gasteiger partial charge in [-0.1, -0.05) is 34.1 Å². The first-order valence-corrected chi connectivity index (χ1v) is 7.48. The fraction of sp³-hybridized carbons (Fsp3) is 0.250. The summed E-state index contributed by atoms with van der Waals surface area (Å²) in [5.74, 6) is 1.00. The van der Waals surface area contributed by atoms with Gasteiger partial charge in [-0.05, 0) is 29.8 Å². The van der Waals surface area contributed by atoms with Crippen molar-refractivity contribution >= 4 is 21.6 Å². The molecular formula is C16H17BrN2O. The van der Waals surface area contributed by atoms with Gasteiger partial charge in [-0.2, -0.15) is 0 Å². The van der Waals surface area contributed by atoms with Crippen LogP contribution in [0.3, 0.4) is 0 Å². The highest BCUT2D eigenvalue weighted by Gasteiger charge is 2.15. The highest BCUT2D eigenvalue weighted by Crippen LogP contribution is 2.26. The summed E-state index contributed by atoms with van der Waals surface area (Å²) in [5.41, 5.74) is 9.13. The molecule has 1 aliphatic heterocycles. The number of nitrogens with two attached hydrogens (primary N) is 1. The summed E-state index contributed by atoms with van der Waals surface area (Å²) in [4.78, 5) is 2.38. The van der Waals surface area contributed by atoms with Gasteiger partial charge in [0.2, 0.25) is 0 Å². The highest BCUT2D eigenvalue weighted by molar-refractivity contribution is 9.10. The van der Waals surface area contributed by atoms with Crippen LogP contribution in [0.1, 0.15) is 11.1 Å². The number of nitrogens with zero attached hydrogens (tertiary/aromatic N) is 1. The molecule has 0 amide bonds. The van der Waals surface area contributed by atoms with Crippen LogP contribution in [-0.2, 0) is 13.1 Å². The largest absolute Gasteiger partial charge is 0.492 e. The predicted octanol–water partition coefficient (Wildman–Crippen LogP) is 3.43. The van der Waals surface area contributed by atoms with Crippen molar-refractivity contribution in [3.63, 3.8) is 0 Å². The van der Waals surface area contributed by atoms with Gasteiger partial charge in [-0.15, -0.1) is 0 Å². The third-order valence-electron chi connectivity index (χ3n) is 3.50. The molecule has 0 fully saturated rings. The highest BCUT2D eigenvalue weighted by atomic mass is 79.9. The minimum atomic E-state index is 0.719. The maximum absolute atomic E-state index is 5.88. The third kappa shape index (κ3) is 2.97. The molecule has 0 radical (unpaired) electrons. The molecule has 20 heavy (non-hydrogen) atoms. The molecular weight excluding hydrogens is 316 g/mol. The number of nitrogen functional groups attached to an aromatic ring is 1. The van der Waals surface area contributed by atoms with Gasteiger partial charge in [0.25, 0.3) is 0 Å². The fourth-order valence-electron chi connectivity index (χ4n) is 2.47. The molecule has 104 valence electrons. The molecule has 0 saturated heterocycles. The zero-order valence-electron chi connectivity index (χ0n) is 11.2. The molecule has 2 aromatic carbocycles. The summed E-state index contributed by atoms with van der Waals surface area (Å²) in [6.45, 7) is 3.40. The minimum absolute atomic E-state index is 0.719. The lowest BCUT2D eigenvalue weighted by Gasteiger charge is -2.20. The van der Waals surface area contributed by atoms with E-state index in [9.17, 15) is 0 Å². The summed E-state index contributed by atoms with van der Waals surface area (Å²) >= 11 is 3.60. The number of halogens is 1. The molecule has 0 aromatic heterocycles. The van der Waals surface area contributed by atoms with E-state index < -0.39 is 0 Å². The molecule has 4 heteroatoms. The van der Waals surface area contributed by atoms with Gasteiger partial charge in [0.15, 0.2) is 0 Å². The van der Waals surface area contributed by atoms with E-state index in [2.05, 4.69) is 33.0 Å². The number of para-hydroxylation sites is 1. The van der Waals surface area contributed by atoms with Crippen molar-refractivity contribution in [1.82, 2.24) is 4.90 Å². The Labute approximate surface area is 127 Å². The van der Waals surface area contributed by atoms with Crippen molar-refractivity contribution < 1.29 is 4.74 Å². The second kappa shape index (κ2) is 5.85. The molecule has 1 aliphatic rings. The van der Waals surface area contributed by atoms with E-state index in [1.807, 2.05) is 30.3 Å². The van der Waals surface area contributed by atoms with E-state index in [1.165, 1.54) is 11.1 Å². The van der Waals surface area contributed by atoms with Crippen molar-refractivity contribution in [2.24, 2.45) is 0 Å². The summed E-state index contributed by atoms with van der Waals surface area (Å²) in [6.07, 6.45) is 0. The zero-order chi connectivity index (χ0) is 13.9. The monoisotopic (exact) mass is 332 g/mol. The number of rotatable bonds is 2. The fourth-order valence-corrected chi connectivity index (χ4v) is 2.84. The van der Waals surface area contributed by atoms with Crippen LogP contribution >= 0.6 is 15.9 Å². The first kappa shape index (κ1) is 13.5. The summed E-state index contributed by atoms with van der Waals surface area (Å²) in [6, 6.07) is 14.2. The van der Waals surface area contributed by atoms with Crippen LogP contribution in [0.2, 0.25) is 0 Å². The Morgan fingerprint density at radius 2 is 2.05 bits per heavy atom. The smallest absolute Gasteiger partial charge is 0.123 e. The summed E-state index contributed by atoms with van der Waals surface area (Å²) in [7, 11) is 0. The number of hydrogen-bond donors (Lipinski definition) is 1. The van der Waals surface area contributed by atoms with Gasteiger partial charge >= 0.3 is 0 Å². The van der Waals surface area contributed by atoms with Crippen molar-refractivity contribution in [1.29, 1.82) is 0 Å². The molecule has 3 nitrogen and oxygen atoms in total. The van der Waals surface area contributed by atoms with Crippen LogP contribution in [-0.4, -0.2) is 18.1 Å². The van der Waals surface area contributed by atoms with E-state index in [1.54, 1.807) is 0 Å². The van der Waals surface area contributed by atoms with Crippen molar-refractivity contribution in [2.45, 2.75) is 13.1 Å². The van der Waals surface area contributed by atoms with E-state index in [4.69, 9.17) is 10.5 Å². The van der Waals surface area contributed by atoms with Gasteiger partial charge in [0, 0.05) is 35.4 Å². The van der Waals surface area contributed by atoms with Crippen LogP contribution in [0.4, 0.5) is 5.69 Å². The molecule has 0 bridgehead atoms. The number of anilines is 1. The summed E-state index contributed by atoms with van der Waals surface area (Å²) in [5, 5.41) is 0. The molecule has 0 aliphatic carbocycles. The average molecular weight is 333 g/mol. The normalized spacial score (nSPS) is 15.2. The van der Waals surface area contributed by atoms with Gasteiger partial charge < -0.3 is 10.5 Å². The Hall–Kier alpha value is -1.52. The molecule has 0 saturated carbocycles. The summed E-state index contributed by atoms with van der Waals surface area (Å²) < 4.78 is 6.89. The Bertz CT molecular complexity index is 615. The van der Waals surface area contributed by atoms with Crippen molar-refractivity contribution in [2.75, 3.05) is 18.9 Å². The van der Waals surface area contributed by atoms with Crippen LogP contribution < -0.4 is 10.5 Å². The van der Waals surface area contributed by atoms with Gasteiger partial charge in [0.05, 0.1) is 0 Å². The van der Waals surface area contributed by atoms with Gasteiger partial charge in [-0.25, -0.2) is 0 Å². The quantitative estimate of drug-likeness (QED) is 0.856. The molecule has 1 heterocycles.